The Hall–Kier alpha value is -2.69. The van der Waals surface area contributed by atoms with Gasteiger partial charge in [-0.3, -0.25) is 4.79 Å². The number of aryl methyl sites for hydroxylation is 1. The van der Waals surface area contributed by atoms with E-state index in [1.54, 1.807) is 7.11 Å². The molecule has 0 saturated heterocycles. The van der Waals surface area contributed by atoms with Crippen LogP contribution in [0.5, 0.6) is 5.75 Å². The standard InChI is InChI=1S/C37H57N3O2/c1-4-6-8-10-12-14-16-17-19-21-25-30-36-33(38-31-26-23-24-27-32(31)40-36)29-34(37(30)42-3)39-35(41)28-22-20-18-15-13-11-9-7-5-2/h23-24,26-27,29H,4-22,25,28H2,1-3H3,(H,39,41). The Kier molecular flexibility index (Phi) is 16.3. The van der Waals surface area contributed by atoms with Crippen molar-refractivity contribution in [2.75, 3.05) is 12.4 Å². The summed E-state index contributed by atoms with van der Waals surface area (Å²) in [4.78, 5) is 22.9. The fraction of sp³-hybridized carbons (Fsp3) is 0.649. The van der Waals surface area contributed by atoms with Crippen molar-refractivity contribution in [2.45, 2.75) is 149 Å². The zero-order valence-corrected chi connectivity index (χ0v) is 26.9. The highest BCUT2D eigenvalue weighted by Crippen LogP contribution is 2.36. The monoisotopic (exact) mass is 575 g/mol. The number of methoxy groups -OCH3 is 1. The molecule has 42 heavy (non-hydrogen) atoms. The first kappa shape index (κ1) is 33.8. The summed E-state index contributed by atoms with van der Waals surface area (Å²) in [6, 6.07) is 9.95. The number of hydrogen-bond acceptors (Lipinski definition) is 4. The van der Waals surface area contributed by atoms with Crippen LogP contribution in [0, 0.1) is 0 Å². The number of para-hydroxylation sites is 2. The van der Waals surface area contributed by atoms with Crippen LogP contribution in [0.2, 0.25) is 0 Å². The number of amides is 1. The van der Waals surface area contributed by atoms with Crippen molar-refractivity contribution in [3.63, 3.8) is 0 Å². The predicted octanol–water partition coefficient (Wildman–Crippen LogP) is 11.1. The summed E-state index contributed by atoms with van der Waals surface area (Å²) in [5, 5.41) is 3.17. The van der Waals surface area contributed by atoms with Crippen molar-refractivity contribution in [3.05, 3.63) is 35.9 Å². The second-order valence-electron chi connectivity index (χ2n) is 12.1. The van der Waals surface area contributed by atoms with Crippen LogP contribution in [0.25, 0.3) is 22.1 Å². The van der Waals surface area contributed by atoms with Crippen molar-refractivity contribution in [1.82, 2.24) is 9.97 Å². The summed E-state index contributed by atoms with van der Waals surface area (Å²) in [5.74, 6) is 0.790. The van der Waals surface area contributed by atoms with Gasteiger partial charge in [0.1, 0.15) is 5.75 Å². The van der Waals surface area contributed by atoms with Gasteiger partial charge in [0.05, 0.1) is 34.9 Å². The normalized spacial score (nSPS) is 11.4. The molecule has 0 fully saturated rings. The van der Waals surface area contributed by atoms with Crippen molar-refractivity contribution in [3.8, 4) is 5.75 Å². The zero-order valence-electron chi connectivity index (χ0n) is 26.9. The Morgan fingerprint density at radius 1 is 0.667 bits per heavy atom. The van der Waals surface area contributed by atoms with E-state index in [0.717, 1.165) is 64.8 Å². The summed E-state index contributed by atoms with van der Waals surface area (Å²) in [6.07, 6.45) is 25.6. The van der Waals surface area contributed by atoms with Gasteiger partial charge in [-0.15, -0.1) is 0 Å². The molecule has 232 valence electrons. The molecule has 5 heteroatoms. The van der Waals surface area contributed by atoms with Crippen molar-refractivity contribution >= 4 is 33.7 Å². The highest BCUT2D eigenvalue weighted by molar-refractivity contribution is 5.98. The first-order valence-corrected chi connectivity index (χ1v) is 17.2. The van der Waals surface area contributed by atoms with Gasteiger partial charge in [-0.05, 0) is 37.5 Å². The van der Waals surface area contributed by atoms with Gasteiger partial charge in [-0.25, -0.2) is 9.97 Å². The van der Waals surface area contributed by atoms with Crippen LogP contribution in [-0.2, 0) is 11.2 Å². The van der Waals surface area contributed by atoms with Gasteiger partial charge >= 0.3 is 0 Å². The molecule has 0 aliphatic carbocycles. The minimum atomic E-state index is 0.0502. The minimum absolute atomic E-state index is 0.0502. The number of nitrogens with one attached hydrogen (secondary N) is 1. The summed E-state index contributed by atoms with van der Waals surface area (Å²) in [7, 11) is 1.70. The number of hydrogen-bond donors (Lipinski definition) is 1. The largest absolute Gasteiger partial charge is 0.494 e. The SMILES string of the molecule is CCCCCCCCCCCCc1c(OC)c(NC(=O)CCCCCCCCCCC)cc2nc3ccccc3nc12. The van der Waals surface area contributed by atoms with Gasteiger partial charge in [-0.1, -0.05) is 135 Å². The molecule has 0 aliphatic heterocycles. The third-order valence-corrected chi connectivity index (χ3v) is 8.45. The van der Waals surface area contributed by atoms with E-state index in [2.05, 4.69) is 19.2 Å². The molecule has 1 N–H and O–H groups in total. The van der Waals surface area contributed by atoms with Crippen LogP contribution in [-0.4, -0.2) is 23.0 Å². The molecule has 0 aliphatic rings. The van der Waals surface area contributed by atoms with Gasteiger partial charge in [0, 0.05) is 12.0 Å². The minimum Gasteiger partial charge on any atom is -0.494 e. The summed E-state index contributed by atoms with van der Waals surface area (Å²) < 4.78 is 5.96. The maximum Gasteiger partial charge on any atom is 0.224 e. The number of unbranched alkanes of at least 4 members (excludes halogenated alkanes) is 17. The summed E-state index contributed by atoms with van der Waals surface area (Å²) >= 11 is 0. The number of carbonyl (C=O) groups is 1. The number of carbonyl (C=O) groups excluding carboxylic acids is 1. The Morgan fingerprint density at radius 3 is 1.71 bits per heavy atom. The third-order valence-electron chi connectivity index (χ3n) is 8.45. The maximum atomic E-state index is 13.0. The number of ether oxygens (including phenoxy) is 1. The van der Waals surface area contributed by atoms with E-state index >= 15 is 0 Å². The second kappa shape index (κ2) is 20.3. The lowest BCUT2D eigenvalue weighted by molar-refractivity contribution is -0.116. The van der Waals surface area contributed by atoms with Crippen LogP contribution < -0.4 is 10.1 Å². The fourth-order valence-corrected chi connectivity index (χ4v) is 5.96. The molecule has 0 atom stereocenters. The van der Waals surface area contributed by atoms with Crippen LogP contribution in [0.15, 0.2) is 30.3 Å². The average Bonchev–Trinajstić information content (AvgIpc) is 3.00. The highest BCUT2D eigenvalue weighted by atomic mass is 16.5. The molecule has 2 aromatic carbocycles. The molecule has 5 nitrogen and oxygen atoms in total. The van der Waals surface area contributed by atoms with Crippen molar-refractivity contribution in [2.24, 2.45) is 0 Å². The van der Waals surface area contributed by atoms with Crippen molar-refractivity contribution in [1.29, 1.82) is 0 Å². The maximum absolute atomic E-state index is 13.0. The Bertz CT molecular complexity index is 1190. The first-order valence-electron chi connectivity index (χ1n) is 17.2. The van der Waals surface area contributed by atoms with Gasteiger partial charge < -0.3 is 10.1 Å². The van der Waals surface area contributed by atoms with Crippen LogP contribution in [0.3, 0.4) is 0 Å². The molecule has 1 amide bonds. The predicted molar refractivity (Wildman–Crippen MR) is 180 cm³/mol. The highest BCUT2D eigenvalue weighted by Gasteiger charge is 2.18. The lowest BCUT2D eigenvalue weighted by Gasteiger charge is -2.17. The zero-order chi connectivity index (χ0) is 29.8. The molecule has 0 saturated carbocycles. The Labute approximate surface area is 255 Å². The molecule has 0 unspecified atom stereocenters. The molecular weight excluding hydrogens is 518 g/mol. The third kappa shape index (κ3) is 11.5. The second-order valence-corrected chi connectivity index (χ2v) is 12.1. The summed E-state index contributed by atoms with van der Waals surface area (Å²) in [5.41, 5.74) is 5.24. The molecule has 3 rings (SSSR count). The van der Waals surface area contributed by atoms with E-state index in [-0.39, 0.29) is 5.91 Å². The van der Waals surface area contributed by atoms with E-state index in [4.69, 9.17) is 14.7 Å². The molecule has 0 spiro atoms. The molecule has 3 aromatic rings. The van der Waals surface area contributed by atoms with E-state index in [1.807, 2.05) is 30.3 Å². The Morgan fingerprint density at radius 2 is 1.17 bits per heavy atom. The number of benzene rings is 2. The number of rotatable bonds is 23. The van der Waals surface area contributed by atoms with Crippen LogP contribution >= 0.6 is 0 Å². The van der Waals surface area contributed by atoms with E-state index in [9.17, 15) is 4.79 Å². The topological polar surface area (TPSA) is 64.1 Å². The number of aromatic nitrogens is 2. The van der Waals surface area contributed by atoms with Gasteiger partial charge in [0.25, 0.3) is 0 Å². The molecular formula is C37H57N3O2. The van der Waals surface area contributed by atoms with Gasteiger partial charge in [-0.2, -0.15) is 0 Å². The quantitative estimate of drug-likeness (QED) is 0.0902. The molecule has 0 radical (unpaired) electrons. The smallest absolute Gasteiger partial charge is 0.224 e. The van der Waals surface area contributed by atoms with E-state index in [1.165, 1.54) is 103 Å². The Balaban J connectivity index is 1.61. The van der Waals surface area contributed by atoms with Gasteiger partial charge in [0.2, 0.25) is 5.91 Å². The molecule has 0 bridgehead atoms. The average molecular weight is 576 g/mol. The number of fused-ring (bicyclic) bond motifs is 2. The lowest BCUT2D eigenvalue weighted by Crippen LogP contribution is -2.13. The van der Waals surface area contributed by atoms with Gasteiger partial charge in [0.15, 0.2) is 0 Å². The van der Waals surface area contributed by atoms with Crippen LogP contribution in [0.1, 0.15) is 148 Å². The summed E-state index contributed by atoms with van der Waals surface area (Å²) in [6.45, 7) is 4.53. The fourth-order valence-electron chi connectivity index (χ4n) is 5.96. The molecule has 1 aromatic heterocycles. The first-order chi connectivity index (χ1) is 20.7. The number of nitrogens with zero attached hydrogens (tertiary/aromatic N) is 2. The number of anilines is 1. The van der Waals surface area contributed by atoms with Crippen LogP contribution in [0.4, 0.5) is 5.69 Å². The lowest BCUT2D eigenvalue weighted by atomic mass is 10.0. The van der Waals surface area contributed by atoms with Crippen molar-refractivity contribution < 1.29 is 9.53 Å². The van der Waals surface area contributed by atoms with E-state index in [0.29, 0.717) is 6.42 Å². The van der Waals surface area contributed by atoms with E-state index < -0.39 is 0 Å². The molecule has 1 heterocycles.